The highest BCUT2D eigenvalue weighted by atomic mass is 35.5. The van der Waals surface area contributed by atoms with E-state index >= 15 is 0 Å². The van der Waals surface area contributed by atoms with Crippen molar-refractivity contribution in [1.29, 1.82) is 0 Å². The number of hydrogen-bond donors (Lipinski definition) is 1. The van der Waals surface area contributed by atoms with Crippen LogP contribution in [0.2, 0.25) is 5.28 Å². The molecular weight excluding hydrogens is 328 g/mol. The van der Waals surface area contributed by atoms with Gasteiger partial charge in [-0.1, -0.05) is 30.3 Å². The summed E-state index contributed by atoms with van der Waals surface area (Å²) in [6.45, 7) is 3.94. The van der Waals surface area contributed by atoms with Gasteiger partial charge in [0.1, 0.15) is 10.6 Å². The van der Waals surface area contributed by atoms with Crippen molar-refractivity contribution in [1.82, 2.24) is 15.3 Å². The van der Waals surface area contributed by atoms with Crippen molar-refractivity contribution in [2.24, 2.45) is 0 Å². The van der Waals surface area contributed by atoms with E-state index in [-0.39, 0.29) is 0 Å². The van der Waals surface area contributed by atoms with Gasteiger partial charge in [0.15, 0.2) is 0 Å². The Bertz CT molecular complexity index is 810. The van der Waals surface area contributed by atoms with E-state index in [1.54, 1.807) is 11.3 Å². The molecule has 3 heterocycles. The van der Waals surface area contributed by atoms with Gasteiger partial charge >= 0.3 is 0 Å². The fourth-order valence-corrected chi connectivity index (χ4v) is 4.17. The number of thiophene rings is 1. The van der Waals surface area contributed by atoms with E-state index in [2.05, 4.69) is 49.8 Å². The van der Waals surface area contributed by atoms with Crippen molar-refractivity contribution in [2.75, 3.05) is 31.1 Å². The molecule has 4 rings (SSSR count). The van der Waals surface area contributed by atoms with E-state index in [0.717, 1.165) is 48.6 Å². The first-order chi connectivity index (χ1) is 11.3. The van der Waals surface area contributed by atoms with Crippen molar-refractivity contribution in [3.63, 3.8) is 0 Å². The lowest BCUT2D eigenvalue weighted by molar-refractivity contribution is 0.724. The molecule has 0 radical (unpaired) electrons. The molecule has 4 nitrogen and oxygen atoms in total. The van der Waals surface area contributed by atoms with Gasteiger partial charge in [0.05, 0.1) is 5.39 Å². The highest BCUT2D eigenvalue weighted by Crippen LogP contribution is 2.38. The average molecular weight is 345 g/mol. The first kappa shape index (κ1) is 14.9. The second-order valence-electron chi connectivity index (χ2n) is 5.60. The second-order valence-corrected chi connectivity index (χ2v) is 6.80. The monoisotopic (exact) mass is 344 g/mol. The fourth-order valence-electron chi connectivity index (χ4n) is 3.01. The number of hydrogen-bond acceptors (Lipinski definition) is 5. The summed E-state index contributed by atoms with van der Waals surface area (Å²) in [4.78, 5) is 12.3. The Hall–Kier alpha value is -1.69. The van der Waals surface area contributed by atoms with Crippen LogP contribution in [0.3, 0.4) is 0 Å². The summed E-state index contributed by atoms with van der Waals surface area (Å²) in [5, 5.41) is 7.03. The molecule has 0 spiro atoms. The van der Waals surface area contributed by atoms with E-state index in [0.29, 0.717) is 5.28 Å². The highest BCUT2D eigenvalue weighted by molar-refractivity contribution is 7.17. The highest BCUT2D eigenvalue weighted by Gasteiger charge is 2.20. The predicted octanol–water partition coefficient (Wildman–Crippen LogP) is 3.81. The minimum Gasteiger partial charge on any atom is -0.355 e. The Morgan fingerprint density at radius 3 is 2.83 bits per heavy atom. The summed E-state index contributed by atoms with van der Waals surface area (Å²) in [5.74, 6) is 0.962. The van der Waals surface area contributed by atoms with Gasteiger partial charge in [-0.15, -0.1) is 11.3 Å². The molecule has 118 valence electrons. The van der Waals surface area contributed by atoms with Gasteiger partial charge in [-0.25, -0.2) is 4.98 Å². The minimum absolute atomic E-state index is 0.325. The lowest BCUT2D eigenvalue weighted by atomic mass is 10.1. The Morgan fingerprint density at radius 2 is 1.96 bits per heavy atom. The SMILES string of the molecule is Clc1nc(N2CCCNCC2)c2c(-c3ccccc3)csc2n1. The normalized spacial score (nSPS) is 15.8. The maximum atomic E-state index is 6.18. The number of fused-ring (bicyclic) bond motifs is 1. The summed E-state index contributed by atoms with van der Waals surface area (Å²) in [6.07, 6.45) is 1.11. The Labute approximate surface area is 144 Å². The molecule has 1 aliphatic rings. The Balaban J connectivity index is 1.90. The summed E-state index contributed by atoms with van der Waals surface area (Å²) >= 11 is 7.81. The average Bonchev–Trinajstić information content (AvgIpc) is 2.81. The number of anilines is 1. The predicted molar refractivity (Wildman–Crippen MR) is 97.6 cm³/mol. The largest absolute Gasteiger partial charge is 0.355 e. The Kier molecular flexibility index (Phi) is 4.16. The van der Waals surface area contributed by atoms with Gasteiger partial charge < -0.3 is 10.2 Å². The number of halogens is 1. The molecule has 1 aliphatic heterocycles. The van der Waals surface area contributed by atoms with Crippen molar-refractivity contribution in [3.8, 4) is 11.1 Å². The van der Waals surface area contributed by atoms with Gasteiger partial charge in [0.25, 0.3) is 0 Å². The van der Waals surface area contributed by atoms with Crippen LogP contribution in [0.5, 0.6) is 0 Å². The molecule has 0 amide bonds. The first-order valence-corrected chi connectivity index (χ1v) is 9.04. The fraction of sp³-hybridized carbons (Fsp3) is 0.294. The summed E-state index contributed by atoms with van der Waals surface area (Å²) in [6, 6.07) is 10.4. The second kappa shape index (κ2) is 6.43. The number of aromatic nitrogens is 2. The quantitative estimate of drug-likeness (QED) is 0.718. The molecule has 1 saturated heterocycles. The van der Waals surface area contributed by atoms with Gasteiger partial charge in [0.2, 0.25) is 5.28 Å². The third-order valence-corrected chi connectivity index (χ3v) is 5.15. The van der Waals surface area contributed by atoms with Crippen molar-refractivity contribution < 1.29 is 0 Å². The maximum Gasteiger partial charge on any atom is 0.225 e. The number of benzene rings is 1. The van der Waals surface area contributed by atoms with Crippen molar-refractivity contribution >= 4 is 39.0 Å². The molecule has 1 fully saturated rings. The summed E-state index contributed by atoms with van der Waals surface area (Å²) in [5.41, 5.74) is 2.38. The van der Waals surface area contributed by atoms with E-state index in [4.69, 9.17) is 11.6 Å². The van der Waals surface area contributed by atoms with Crippen LogP contribution in [0.15, 0.2) is 35.7 Å². The molecule has 2 aromatic heterocycles. The first-order valence-electron chi connectivity index (χ1n) is 7.79. The molecule has 0 bridgehead atoms. The topological polar surface area (TPSA) is 41.1 Å². The molecule has 0 unspecified atom stereocenters. The van der Waals surface area contributed by atoms with Gasteiger partial charge in [-0.3, -0.25) is 0 Å². The lowest BCUT2D eigenvalue weighted by Gasteiger charge is -2.22. The molecule has 3 aromatic rings. The van der Waals surface area contributed by atoms with Crippen LogP contribution in [-0.4, -0.2) is 36.1 Å². The minimum atomic E-state index is 0.325. The van der Waals surface area contributed by atoms with E-state index in [1.807, 2.05) is 6.07 Å². The molecule has 6 heteroatoms. The standard InChI is InChI=1S/C17H17ClN4S/c18-17-20-15(22-9-4-7-19-8-10-22)14-13(11-23-16(14)21-17)12-5-2-1-3-6-12/h1-3,5-6,11,19H,4,7-10H2. The van der Waals surface area contributed by atoms with Crippen molar-refractivity contribution in [3.05, 3.63) is 41.0 Å². The Morgan fingerprint density at radius 1 is 1.09 bits per heavy atom. The van der Waals surface area contributed by atoms with Crippen molar-refractivity contribution in [2.45, 2.75) is 6.42 Å². The van der Waals surface area contributed by atoms with E-state index in [1.165, 1.54) is 11.1 Å². The molecule has 0 aliphatic carbocycles. The molecule has 0 atom stereocenters. The molecule has 23 heavy (non-hydrogen) atoms. The van der Waals surface area contributed by atoms with E-state index < -0.39 is 0 Å². The van der Waals surface area contributed by atoms with Gasteiger partial charge in [-0.05, 0) is 30.1 Å². The van der Waals surface area contributed by atoms with Crippen LogP contribution < -0.4 is 10.2 Å². The number of nitrogens with zero attached hydrogens (tertiary/aromatic N) is 3. The zero-order valence-corrected chi connectivity index (χ0v) is 14.2. The van der Waals surface area contributed by atoms with Gasteiger partial charge in [0, 0.05) is 30.6 Å². The van der Waals surface area contributed by atoms with Gasteiger partial charge in [-0.2, -0.15) is 4.98 Å². The van der Waals surface area contributed by atoms with Crippen LogP contribution in [0, 0.1) is 0 Å². The van der Waals surface area contributed by atoms with Crippen LogP contribution in [0.25, 0.3) is 21.3 Å². The molecule has 1 N–H and O–H groups in total. The lowest BCUT2D eigenvalue weighted by Crippen LogP contribution is -2.28. The van der Waals surface area contributed by atoms with Crippen LogP contribution in [0.1, 0.15) is 6.42 Å². The smallest absolute Gasteiger partial charge is 0.225 e. The third-order valence-electron chi connectivity index (χ3n) is 4.11. The molecule has 0 saturated carbocycles. The van der Waals surface area contributed by atoms with Crippen LogP contribution in [0.4, 0.5) is 5.82 Å². The summed E-state index contributed by atoms with van der Waals surface area (Å²) < 4.78 is 0. The zero-order chi connectivity index (χ0) is 15.6. The molecular formula is C17H17ClN4S. The zero-order valence-electron chi connectivity index (χ0n) is 12.6. The van der Waals surface area contributed by atoms with E-state index in [9.17, 15) is 0 Å². The third kappa shape index (κ3) is 2.92. The van der Waals surface area contributed by atoms with Crippen LogP contribution >= 0.6 is 22.9 Å². The van der Waals surface area contributed by atoms with Crippen LogP contribution in [-0.2, 0) is 0 Å². The molecule has 1 aromatic carbocycles. The number of rotatable bonds is 2. The maximum absolute atomic E-state index is 6.18. The summed E-state index contributed by atoms with van der Waals surface area (Å²) in [7, 11) is 0. The number of nitrogens with one attached hydrogen (secondary N) is 1.